The Morgan fingerprint density at radius 3 is 3.24 bits per heavy atom. The van der Waals surface area contributed by atoms with E-state index >= 15 is 0 Å². The lowest BCUT2D eigenvalue weighted by Crippen LogP contribution is -2.39. The largest absolute Gasteiger partial charge is 0.362 e. The van der Waals surface area contributed by atoms with Gasteiger partial charge >= 0.3 is 0 Å². The predicted molar refractivity (Wildman–Crippen MR) is 78.1 cm³/mol. The molecule has 3 nitrogen and oxygen atoms in total. The van der Waals surface area contributed by atoms with Gasteiger partial charge in [-0.05, 0) is 13.3 Å². The van der Waals surface area contributed by atoms with E-state index in [2.05, 4.69) is 40.8 Å². The summed E-state index contributed by atoms with van der Waals surface area (Å²) in [5.74, 6) is 2.53. The van der Waals surface area contributed by atoms with Gasteiger partial charge in [-0.25, -0.2) is 4.98 Å². The quantitative estimate of drug-likeness (QED) is 0.891. The lowest BCUT2D eigenvalue weighted by atomic mass is 10.3. The number of thioether (sulfide) groups is 1. The Balaban J connectivity index is 1.87. The lowest BCUT2D eigenvalue weighted by Gasteiger charge is -2.32. The van der Waals surface area contributed by atoms with Crippen molar-refractivity contribution in [2.75, 3.05) is 29.9 Å². The van der Waals surface area contributed by atoms with Crippen molar-refractivity contribution in [1.82, 2.24) is 9.88 Å². The first kappa shape index (κ1) is 13.2. The molecule has 1 aliphatic heterocycles. The van der Waals surface area contributed by atoms with E-state index in [0.29, 0.717) is 6.04 Å². The van der Waals surface area contributed by atoms with Crippen LogP contribution in [0.1, 0.15) is 25.1 Å². The van der Waals surface area contributed by atoms with Crippen molar-refractivity contribution in [1.29, 1.82) is 0 Å². The van der Waals surface area contributed by atoms with Crippen LogP contribution >= 0.6 is 23.1 Å². The highest BCUT2D eigenvalue weighted by atomic mass is 32.2. The number of hydrogen-bond donors (Lipinski definition) is 1. The van der Waals surface area contributed by atoms with Crippen molar-refractivity contribution in [3.8, 4) is 0 Å². The molecule has 1 aromatic rings. The molecule has 1 aromatic heterocycles. The van der Waals surface area contributed by atoms with Crippen molar-refractivity contribution in [2.24, 2.45) is 0 Å². The van der Waals surface area contributed by atoms with Gasteiger partial charge in [0.1, 0.15) is 0 Å². The number of nitrogens with zero attached hydrogens (tertiary/aromatic N) is 2. The molecule has 1 saturated heterocycles. The number of rotatable bonds is 5. The molecule has 0 amide bonds. The van der Waals surface area contributed by atoms with Crippen molar-refractivity contribution < 1.29 is 0 Å². The van der Waals surface area contributed by atoms with Crippen LogP contribution in [0.5, 0.6) is 0 Å². The smallest absolute Gasteiger partial charge is 0.182 e. The topological polar surface area (TPSA) is 28.2 Å². The maximum Gasteiger partial charge on any atom is 0.182 e. The van der Waals surface area contributed by atoms with Gasteiger partial charge in [-0.15, -0.1) is 11.3 Å². The van der Waals surface area contributed by atoms with Gasteiger partial charge in [-0.2, -0.15) is 11.8 Å². The van der Waals surface area contributed by atoms with Crippen molar-refractivity contribution in [3.63, 3.8) is 0 Å². The molecule has 1 aliphatic rings. The second kappa shape index (κ2) is 6.61. The van der Waals surface area contributed by atoms with E-state index in [1.54, 1.807) is 11.3 Å². The fraction of sp³-hybridized carbons (Fsp3) is 0.750. The van der Waals surface area contributed by atoms with Crippen molar-refractivity contribution >= 4 is 28.2 Å². The molecule has 0 saturated carbocycles. The zero-order valence-electron chi connectivity index (χ0n) is 10.6. The van der Waals surface area contributed by atoms with Crippen LogP contribution in [-0.4, -0.2) is 40.5 Å². The number of thiazole rings is 1. The summed E-state index contributed by atoms with van der Waals surface area (Å²) < 4.78 is 0. The zero-order valence-corrected chi connectivity index (χ0v) is 12.2. The van der Waals surface area contributed by atoms with Gasteiger partial charge in [0.15, 0.2) is 5.13 Å². The highest BCUT2D eigenvalue weighted by Crippen LogP contribution is 2.23. The van der Waals surface area contributed by atoms with E-state index in [1.807, 2.05) is 6.20 Å². The molecule has 0 bridgehead atoms. The molecule has 0 aliphatic carbocycles. The van der Waals surface area contributed by atoms with Crippen LogP contribution in [-0.2, 0) is 6.54 Å². The zero-order chi connectivity index (χ0) is 12.1. The van der Waals surface area contributed by atoms with Gasteiger partial charge in [0.25, 0.3) is 0 Å². The van der Waals surface area contributed by atoms with Crippen LogP contribution in [0.2, 0.25) is 0 Å². The van der Waals surface area contributed by atoms with Gasteiger partial charge < -0.3 is 5.32 Å². The molecule has 1 fully saturated rings. The van der Waals surface area contributed by atoms with E-state index in [-0.39, 0.29) is 0 Å². The summed E-state index contributed by atoms with van der Waals surface area (Å²) in [6.07, 6.45) is 3.17. The third-order valence-electron chi connectivity index (χ3n) is 2.94. The Labute approximate surface area is 112 Å². The molecule has 0 radical (unpaired) electrons. The third-order valence-corrected chi connectivity index (χ3v) is 5.07. The Bertz CT molecular complexity index is 340. The van der Waals surface area contributed by atoms with E-state index in [4.69, 9.17) is 0 Å². The first-order valence-corrected chi connectivity index (χ1v) is 8.27. The van der Waals surface area contributed by atoms with Crippen molar-refractivity contribution in [3.05, 3.63) is 11.1 Å². The highest BCUT2D eigenvalue weighted by Gasteiger charge is 2.19. The summed E-state index contributed by atoms with van der Waals surface area (Å²) in [4.78, 5) is 8.36. The molecule has 5 heteroatoms. The number of hydrogen-bond acceptors (Lipinski definition) is 5. The molecule has 0 spiro atoms. The van der Waals surface area contributed by atoms with E-state index in [0.717, 1.165) is 24.6 Å². The van der Waals surface area contributed by atoms with Gasteiger partial charge in [0.05, 0.1) is 0 Å². The summed E-state index contributed by atoms with van der Waals surface area (Å²) in [5.41, 5.74) is 0. The summed E-state index contributed by atoms with van der Waals surface area (Å²) in [5, 5.41) is 4.42. The SMILES string of the molecule is CCCNc1ncc(CN2CCSCC2C)s1. The second-order valence-electron chi connectivity index (χ2n) is 4.45. The molecule has 2 heterocycles. The molecule has 0 aromatic carbocycles. The maximum absolute atomic E-state index is 4.42. The molecule has 17 heavy (non-hydrogen) atoms. The average Bonchev–Trinajstić information content (AvgIpc) is 2.77. The van der Waals surface area contributed by atoms with E-state index < -0.39 is 0 Å². The molecule has 1 N–H and O–H groups in total. The molecular weight excluding hydrogens is 250 g/mol. The molecular formula is C12H21N3S2. The number of aromatic nitrogens is 1. The fourth-order valence-corrected chi connectivity index (χ4v) is 3.84. The van der Waals surface area contributed by atoms with Crippen LogP contribution in [0.25, 0.3) is 0 Å². The van der Waals surface area contributed by atoms with Gasteiger partial charge in [-0.1, -0.05) is 6.92 Å². The monoisotopic (exact) mass is 271 g/mol. The number of anilines is 1. The van der Waals surface area contributed by atoms with Crippen LogP contribution in [0, 0.1) is 0 Å². The molecule has 96 valence electrons. The Morgan fingerprint density at radius 1 is 1.59 bits per heavy atom. The molecule has 1 atom stereocenters. The van der Waals surface area contributed by atoms with Gasteiger partial charge in [0, 0.05) is 48.3 Å². The summed E-state index contributed by atoms with van der Waals surface area (Å²) >= 11 is 3.87. The first-order chi connectivity index (χ1) is 8.29. The van der Waals surface area contributed by atoms with E-state index in [9.17, 15) is 0 Å². The summed E-state index contributed by atoms with van der Waals surface area (Å²) in [7, 11) is 0. The Morgan fingerprint density at radius 2 is 2.47 bits per heavy atom. The lowest BCUT2D eigenvalue weighted by molar-refractivity contribution is 0.226. The van der Waals surface area contributed by atoms with E-state index in [1.165, 1.54) is 22.9 Å². The minimum absolute atomic E-state index is 0.697. The molecule has 1 unspecified atom stereocenters. The second-order valence-corrected chi connectivity index (χ2v) is 6.72. The third kappa shape index (κ3) is 3.86. The minimum atomic E-state index is 0.697. The number of nitrogens with one attached hydrogen (secondary N) is 1. The summed E-state index contributed by atoms with van der Waals surface area (Å²) in [6, 6.07) is 0.697. The van der Waals surface area contributed by atoms with Crippen LogP contribution in [0.4, 0.5) is 5.13 Å². The van der Waals surface area contributed by atoms with Crippen LogP contribution in [0.15, 0.2) is 6.20 Å². The summed E-state index contributed by atoms with van der Waals surface area (Å²) in [6.45, 7) is 7.79. The standard InChI is InChI=1S/C12H21N3S2/c1-3-4-13-12-14-7-11(17-12)8-15-5-6-16-9-10(15)2/h7,10H,3-6,8-9H2,1-2H3,(H,13,14). The predicted octanol–water partition coefficient (Wildman–Crippen LogP) is 2.90. The maximum atomic E-state index is 4.42. The highest BCUT2D eigenvalue weighted by molar-refractivity contribution is 7.99. The van der Waals surface area contributed by atoms with Crippen molar-refractivity contribution in [2.45, 2.75) is 32.9 Å². The first-order valence-electron chi connectivity index (χ1n) is 6.30. The van der Waals surface area contributed by atoms with Crippen LogP contribution < -0.4 is 5.32 Å². The van der Waals surface area contributed by atoms with Gasteiger partial charge in [-0.3, -0.25) is 4.90 Å². The average molecular weight is 271 g/mol. The normalized spacial score (nSPS) is 21.6. The Hall–Kier alpha value is -0.260. The van der Waals surface area contributed by atoms with Gasteiger partial charge in [0.2, 0.25) is 0 Å². The van der Waals surface area contributed by atoms with Crippen LogP contribution in [0.3, 0.4) is 0 Å². The fourth-order valence-electron chi connectivity index (χ4n) is 1.89. The molecule has 2 rings (SSSR count). The minimum Gasteiger partial charge on any atom is -0.362 e. The Kier molecular flexibility index (Phi) is 5.13.